The van der Waals surface area contributed by atoms with Crippen LogP contribution in [0.15, 0.2) is 0 Å². The summed E-state index contributed by atoms with van der Waals surface area (Å²) in [5, 5.41) is 0. The Morgan fingerprint density at radius 2 is 0.720 bits per heavy atom. The smallest absolute Gasteiger partial charge is 0.0633 e. The second-order valence-electron chi connectivity index (χ2n) is 8.35. The van der Waals surface area contributed by atoms with Crippen molar-refractivity contribution in [3.05, 3.63) is 0 Å². The normalized spacial score (nSPS) is 12.0. The third kappa shape index (κ3) is 20.1. The van der Waals surface area contributed by atoms with Crippen molar-refractivity contribution in [1.29, 1.82) is 0 Å². The number of rotatable bonds is 20. The Kier molecular flexibility index (Phi) is 18.6. The molecular weight excluding hydrogens is 304 g/mol. The SMILES string of the molecule is CCCCCCCCCCCCCCCCCCCCC(N)(N)CC. The molecule has 0 aliphatic carbocycles. The first-order valence-electron chi connectivity index (χ1n) is 11.7. The summed E-state index contributed by atoms with van der Waals surface area (Å²) in [5.74, 6) is 0. The van der Waals surface area contributed by atoms with Gasteiger partial charge < -0.3 is 11.5 Å². The van der Waals surface area contributed by atoms with Gasteiger partial charge in [-0.05, 0) is 12.8 Å². The molecule has 4 N–H and O–H groups in total. The molecule has 0 unspecified atom stereocenters. The quantitative estimate of drug-likeness (QED) is 0.176. The Balaban J connectivity index is 3.05. The zero-order valence-electron chi connectivity index (χ0n) is 17.8. The molecule has 0 aromatic rings. The molecule has 0 bridgehead atoms. The highest BCUT2D eigenvalue weighted by atomic mass is 14.9. The van der Waals surface area contributed by atoms with Crippen molar-refractivity contribution in [3.63, 3.8) is 0 Å². The van der Waals surface area contributed by atoms with Crippen molar-refractivity contribution in [2.24, 2.45) is 11.5 Å². The van der Waals surface area contributed by atoms with Gasteiger partial charge in [0, 0.05) is 0 Å². The van der Waals surface area contributed by atoms with Crippen molar-refractivity contribution >= 4 is 0 Å². The second-order valence-corrected chi connectivity index (χ2v) is 8.35. The van der Waals surface area contributed by atoms with Crippen LogP contribution in [-0.2, 0) is 0 Å². The fourth-order valence-electron chi connectivity index (χ4n) is 3.53. The Morgan fingerprint density at radius 1 is 0.440 bits per heavy atom. The Morgan fingerprint density at radius 3 is 1.00 bits per heavy atom. The summed E-state index contributed by atoms with van der Waals surface area (Å²) < 4.78 is 0. The Bertz CT molecular complexity index is 250. The lowest BCUT2D eigenvalue weighted by molar-refractivity contribution is 0.374. The molecule has 0 heterocycles. The molecule has 0 radical (unpaired) electrons. The first-order valence-corrected chi connectivity index (χ1v) is 11.7. The maximum absolute atomic E-state index is 5.97. The van der Waals surface area contributed by atoms with Crippen LogP contribution in [0.4, 0.5) is 0 Å². The minimum atomic E-state index is -0.422. The average Bonchev–Trinajstić information content (AvgIpc) is 2.60. The highest BCUT2D eigenvalue weighted by Gasteiger charge is 2.14. The van der Waals surface area contributed by atoms with E-state index in [1.807, 2.05) is 0 Å². The molecule has 152 valence electrons. The third-order valence-electron chi connectivity index (χ3n) is 5.65. The fourth-order valence-corrected chi connectivity index (χ4v) is 3.53. The molecular formula is C23H50N2. The molecule has 2 heteroatoms. The van der Waals surface area contributed by atoms with E-state index >= 15 is 0 Å². The minimum Gasteiger partial charge on any atom is -0.314 e. The summed E-state index contributed by atoms with van der Waals surface area (Å²) in [4.78, 5) is 0. The zero-order valence-corrected chi connectivity index (χ0v) is 17.8. The summed E-state index contributed by atoms with van der Waals surface area (Å²) in [6.07, 6.45) is 27.4. The summed E-state index contributed by atoms with van der Waals surface area (Å²) in [5.41, 5.74) is 11.5. The second kappa shape index (κ2) is 18.7. The molecule has 0 rings (SSSR count). The van der Waals surface area contributed by atoms with Crippen molar-refractivity contribution in [2.45, 2.75) is 148 Å². The van der Waals surface area contributed by atoms with E-state index in [2.05, 4.69) is 13.8 Å². The van der Waals surface area contributed by atoms with Crippen LogP contribution in [0.1, 0.15) is 142 Å². The first kappa shape index (κ1) is 24.9. The van der Waals surface area contributed by atoms with Gasteiger partial charge in [0.25, 0.3) is 0 Å². The van der Waals surface area contributed by atoms with E-state index in [1.54, 1.807) is 0 Å². The van der Waals surface area contributed by atoms with Gasteiger partial charge in [0.2, 0.25) is 0 Å². The first-order chi connectivity index (χ1) is 12.1. The molecule has 0 saturated carbocycles. The molecule has 0 atom stereocenters. The topological polar surface area (TPSA) is 52.0 Å². The lowest BCUT2D eigenvalue weighted by Crippen LogP contribution is -2.48. The van der Waals surface area contributed by atoms with Gasteiger partial charge >= 0.3 is 0 Å². The van der Waals surface area contributed by atoms with E-state index in [9.17, 15) is 0 Å². The van der Waals surface area contributed by atoms with Crippen LogP contribution in [0.2, 0.25) is 0 Å². The summed E-state index contributed by atoms with van der Waals surface area (Å²) in [7, 11) is 0. The van der Waals surface area contributed by atoms with E-state index in [0.29, 0.717) is 0 Å². The maximum atomic E-state index is 5.97. The molecule has 25 heavy (non-hydrogen) atoms. The number of hydrogen-bond donors (Lipinski definition) is 2. The van der Waals surface area contributed by atoms with Crippen LogP contribution >= 0.6 is 0 Å². The van der Waals surface area contributed by atoms with E-state index in [0.717, 1.165) is 12.8 Å². The average molecular weight is 355 g/mol. The monoisotopic (exact) mass is 354 g/mol. The van der Waals surface area contributed by atoms with Crippen LogP contribution in [0.3, 0.4) is 0 Å². The zero-order chi connectivity index (χ0) is 18.6. The van der Waals surface area contributed by atoms with Crippen molar-refractivity contribution in [2.75, 3.05) is 0 Å². The predicted octanol–water partition coefficient (Wildman–Crippen LogP) is 7.44. The number of unbranched alkanes of at least 4 members (excludes halogenated alkanes) is 17. The lowest BCUT2D eigenvalue weighted by Gasteiger charge is -2.22. The molecule has 0 aromatic heterocycles. The lowest BCUT2D eigenvalue weighted by atomic mass is 9.99. The fraction of sp³-hybridized carbons (Fsp3) is 1.00. The van der Waals surface area contributed by atoms with Gasteiger partial charge in [-0.15, -0.1) is 0 Å². The Labute approximate surface area is 159 Å². The van der Waals surface area contributed by atoms with Gasteiger partial charge in [0.05, 0.1) is 5.66 Å². The maximum Gasteiger partial charge on any atom is 0.0633 e. The molecule has 0 amide bonds. The van der Waals surface area contributed by atoms with Crippen LogP contribution in [0.5, 0.6) is 0 Å². The summed E-state index contributed by atoms with van der Waals surface area (Å²) in [6.45, 7) is 4.37. The number of nitrogens with two attached hydrogens (primary N) is 2. The molecule has 0 fully saturated rings. The van der Waals surface area contributed by atoms with Crippen molar-refractivity contribution in [1.82, 2.24) is 0 Å². The molecule has 0 spiro atoms. The summed E-state index contributed by atoms with van der Waals surface area (Å²) >= 11 is 0. The predicted molar refractivity (Wildman–Crippen MR) is 115 cm³/mol. The minimum absolute atomic E-state index is 0.422. The summed E-state index contributed by atoms with van der Waals surface area (Å²) in [6, 6.07) is 0. The van der Waals surface area contributed by atoms with E-state index in [1.165, 1.54) is 116 Å². The van der Waals surface area contributed by atoms with Crippen LogP contribution in [0.25, 0.3) is 0 Å². The van der Waals surface area contributed by atoms with Crippen LogP contribution in [0, 0.1) is 0 Å². The van der Waals surface area contributed by atoms with Gasteiger partial charge in [0.15, 0.2) is 0 Å². The van der Waals surface area contributed by atoms with Crippen molar-refractivity contribution < 1.29 is 0 Å². The highest BCUT2D eigenvalue weighted by molar-refractivity contribution is 4.73. The third-order valence-corrected chi connectivity index (χ3v) is 5.65. The van der Waals surface area contributed by atoms with E-state index in [4.69, 9.17) is 11.5 Å². The molecule has 2 nitrogen and oxygen atoms in total. The molecule has 0 aliphatic heterocycles. The number of hydrogen-bond acceptors (Lipinski definition) is 2. The Hall–Kier alpha value is -0.0800. The van der Waals surface area contributed by atoms with Gasteiger partial charge in [-0.25, -0.2) is 0 Å². The van der Waals surface area contributed by atoms with Crippen molar-refractivity contribution in [3.8, 4) is 0 Å². The molecule has 0 saturated heterocycles. The van der Waals surface area contributed by atoms with Gasteiger partial charge in [-0.3, -0.25) is 0 Å². The molecule has 0 aromatic carbocycles. The van der Waals surface area contributed by atoms with E-state index in [-0.39, 0.29) is 0 Å². The van der Waals surface area contributed by atoms with Gasteiger partial charge in [-0.2, -0.15) is 0 Å². The largest absolute Gasteiger partial charge is 0.314 e. The van der Waals surface area contributed by atoms with Crippen LogP contribution < -0.4 is 11.5 Å². The van der Waals surface area contributed by atoms with Crippen LogP contribution in [-0.4, -0.2) is 5.66 Å². The molecule has 0 aliphatic rings. The standard InChI is InChI=1S/C23H50N2/c1-3-5-6-7-8-9-10-11-12-13-14-15-16-17-18-19-20-21-22-23(24,25)4-2/h3-22,24-25H2,1-2H3. The van der Waals surface area contributed by atoms with Gasteiger partial charge in [0.1, 0.15) is 0 Å². The highest BCUT2D eigenvalue weighted by Crippen LogP contribution is 2.15. The van der Waals surface area contributed by atoms with E-state index < -0.39 is 5.66 Å². The van der Waals surface area contributed by atoms with Gasteiger partial charge in [-0.1, -0.05) is 129 Å².